The average molecular weight is 552 g/mol. The van der Waals surface area contributed by atoms with E-state index in [9.17, 15) is 4.79 Å². The van der Waals surface area contributed by atoms with Crippen LogP contribution in [0.5, 0.6) is 0 Å². The van der Waals surface area contributed by atoms with Crippen molar-refractivity contribution in [3.8, 4) is 0 Å². The van der Waals surface area contributed by atoms with E-state index in [2.05, 4.69) is 81.6 Å². The molecule has 8 heteroatoms. The number of rotatable bonds is 8. The first kappa shape index (κ1) is 26.4. The van der Waals surface area contributed by atoms with Crippen LogP contribution in [-0.4, -0.2) is 61.0 Å². The highest BCUT2D eigenvalue weighted by atomic mass is 16.2. The number of nitrogens with zero attached hydrogens (tertiary/aromatic N) is 6. The van der Waals surface area contributed by atoms with Crippen molar-refractivity contribution >= 4 is 16.9 Å². The minimum absolute atomic E-state index is 0.0953. The molecule has 2 aromatic heterocycles. The van der Waals surface area contributed by atoms with E-state index in [1.165, 1.54) is 41.6 Å². The maximum atomic E-state index is 12.9. The lowest BCUT2D eigenvalue weighted by Gasteiger charge is -2.43. The van der Waals surface area contributed by atoms with Gasteiger partial charge in [-0.1, -0.05) is 42.5 Å². The number of hydrogen-bond acceptors (Lipinski definition) is 5. The number of fused-ring (bicyclic) bond motifs is 3. The normalized spacial score (nSPS) is 25.5. The fraction of sp³-hybridized carbons (Fsp3) is 0.515. The van der Waals surface area contributed by atoms with Crippen molar-refractivity contribution < 1.29 is 4.79 Å². The van der Waals surface area contributed by atoms with Gasteiger partial charge in [0.15, 0.2) is 0 Å². The van der Waals surface area contributed by atoms with Gasteiger partial charge in [-0.3, -0.25) is 4.79 Å². The minimum Gasteiger partial charge on any atom is -0.341 e. The number of carbonyl (C=O) groups is 1. The molecule has 0 spiro atoms. The molecule has 1 saturated heterocycles. The van der Waals surface area contributed by atoms with Crippen LogP contribution in [0.2, 0.25) is 0 Å². The van der Waals surface area contributed by atoms with Gasteiger partial charge in [-0.2, -0.15) is 15.0 Å². The number of piperidine rings is 1. The van der Waals surface area contributed by atoms with Gasteiger partial charge in [0.25, 0.3) is 0 Å². The van der Waals surface area contributed by atoms with E-state index in [1.807, 2.05) is 4.90 Å². The quantitative estimate of drug-likeness (QED) is 0.337. The lowest BCUT2D eigenvalue weighted by molar-refractivity contribution is -0.134. The fourth-order valence-electron chi connectivity index (χ4n) is 8.35. The van der Waals surface area contributed by atoms with Crippen LogP contribution in [0.15, 0.2) is 67.0 Å². The van der Waals surface area contributed by atoms with Gasteiger partial charge in [-0.25, -0.2) is 4.98 Å². The van der Waals surface area contributed by atoms with Crippen molar-refractivity contribution in [3.05, 3.63) is 78.4 Å². The Morgan fingerprint density at radius 3 is 2.37 bits per heavy atom. The number of nitrogens with one attached hydrogen (secondary N) is 1. The van der Waals surface area contributed by atoms with Gasteiger partial charge in [-0.15, -0.1) is 0 Å². The van der Waals surface area contributed by atoms with Crippen LogP contribution in [0.25, 0.3) is 11.0 Å². The molecule has 214 valence electrons. The molecule has 2 aromatic carbocycles. The molecule has 7 rings (SSSR count). The first-order valence-electron chi connectivity index (χ1n) is 15.4. The molecule has 1 amide bonds. The Morgan fingerprint density at radius 1 is 0.951 bits per heavy atom. The summed E-state index contributed by atoms with van der Waals surface area (Å²) in [7, 11) is 0. The largest absolute Gasteiger partial charge is 0.341 e. The molecule has 2 bridgehead atoms. The fourth-order valence-corrected chi connectivity index (χ4v) is 8.35. The first-order chi connectivity index (χ1) is 20.1. The van der Waals surface area contributed by atoms with Gasteiger partial charge in [-0.05, 0) is 93.4 Å². The van der Waals surface area contributed by atoms with Crippen LogP contribution < -0.4 is 5.32 Å². The van der Waals surface area contributed by atoms with Gasteiger partial charge in [0.05, 0.1) is 23.4 Å². The third kappa shape index (κ3) is 5.07. The monoisotopic (exact) mass is 551 g/mol. The molecule has 3 heterocycles. The molecule has 2 aliphatic carbocycles. The van der Waals surface area contributed by atoms with E-state index >= 15 is 0 Å². The maximum Gasteiger partial charge on any atom is 0.246 e. The van der Waals surface area contributed by atoms with E-state index in [1.54, 1.807) is 12.4 Å². The summed E-state index contributed by atoms with van der Waals surface area (Å²) in [5, 5.41) is 12.3. The molecule has 4 aromatic rings. The lowest BCUT2D eigenvalue weighted by atomic mass is 9.70. The highest BCUT2D eigenvalue weighted by Gasteiger charge is 2.44. The second-order valence-electron chi connectivity index (χ2n) is 12.6. The average Bonchev–Trinajstić information content (AvgIpc) is 3.69. The molecule has 8 nitrogen and oxygen atoms in total. The lowest BCUT2D eigenvalue weighted by Crippen LogP contribution is -2.48. The van der Waals surface area contributed by atoms with E-state index in [0.717, 1.165) is 62.1 Å². The number of likely N-dealkylation sites (tertiary alicyclic amines) is 1. The summed E-state index contributed by atoms with van der Waals surface area (Å²) in [5.74, 6) is 2.71. The summed E-state index contributed by atoms with van der Waals surface area (Å²) in [5.41, 5.74) is 3.92. The topological polar surface area (TPSA) is 80.9 Å². The van der Waals surface area contributed by atoms with Crippen molar-refractivity contribution in [2.45, 2.75) is 75.9 Å². The molecule has 3 fully saturated rings. The van der Waals surface area contributed by atoms with E-state index in [0.29, 0.717) is 12.1 Å². The Kier molecular flexibility index (Phi) is 7.11. The molecule has 2 saturated carbocycles. The smallest absolute Gasteiger partial charge is 0.246 e. The number of amides is 1. The zero-order valence-electron chi connectivity index (χ0n) is 24.0. The van der Waals surface area contributed by atoms with Crippen LogP contribution in [0.1, 0.15) is 62.4 Å². The third-order valence-electron chi connectivity index (χ3n) is 10.4. The number of benzene rings is 2. The number of aromatic nitrogens is 5. The summed E-state index contributed by atoms with van der Waals surface area (Å²) in [6.07, 6.45) is 11.5. The standard InChI is InChI=1S/C33H41N7O/c1-24-37-29-9-5-6-10-30(29)40(24)28-21-25-11-12-26(22-28)32(25)34-16-13-33(27-7-3-2-4-8-27)14-19-38(20-15-33)31(41)23-39-35-17-18-36-39/h2-10,17-18,25-26,28,32,34H,11-16,19-23H2,1H3/t25-,26?,28?,32?/m1/s1. The van der Waals surface area contributed by atoms with Crippen molar-refractivity contribution in [1.82, 2.24) is 34.8 Å². The molecule has 3 aliphatic rings. The molecule has 1 N–H and O–H groups in total. The molecular weight excluding hydrogens is 510 g/mol. The Labute approximate surface area is 242 Å². The van der Waals surface area contributed by atoms with Gasteiger partial charge >= 0.3 is 0 Å². The van der Waals surface area contributed by atoms with Gasteiger partial charge in [0, 0.05) is 25.2 Å². The Morgan fingerprint density at radius 2 is 1.63 bits per heavy atom. The van der Waals surface area contributed by atoms with Crippen LogP contribution >= 0.6 is 0 Å². The van der Waals surface area contributed by atoms with Gasteiger partial charge in [0.1, 0.15) is 12.4 Å². The molecule has 4 atom stereocenters. The summed E-state index contributed by atoms with van der Waals surface area (Å²) in [6, 6.07) is 20.8. The van der Waals surface area contributed by atoms with E-state index < -0.39 is 0 Å². The van der Waals surface area contributed by atoms with Crippen molar-refractivity contribution in [2.24, 2.45) is 11.8 Å². The second-order valence-corrected chi connectivity index (χ2v) is 12.6. The Bertz CT molecular complexity index is 1460. The van der Waals surface area contributed by atoms with Crippen LogP contribution in [-0.2, 0) is 16.8 Å². The minimum atomic E-state index is 0.0953. The zero-order chi connectivity index (χ0) is 27.8. The maximum absolute atomic E-state index is 12.9. The van der Waals surface area contributed by atoms with Crippen LogP contribution in [0, 0.1) is 18.8 Å². The molecule has 1 aliphatic heterocycles. The third-order valence-corrected chi connectivity index (χ3v) is 10.4. The van der Waals surface area contributed by atoms with E-state index in [4.69, 9.17) is 4.98 Å². The Hall–Kier alpha value is -3.52. The predicted octanol–water partition coefficient (Wildman–Crippen LogP) is 4.91. The Balaban J connectivity index is 1.00. The molecule has 41 heavy (non-hydrogen) atoms. The van der Waals surface area contributed by atoms with Gasteiger partial charge < -0.3 is 14.8 Å². The van der Waals surface area contributed by atoms with Crippen molar-refractivity contribution in [2.75, 3.05) is 19.6 Å². The van der Waals surface area contributed by atoms with Crippen molar-refractivity contribution in [1.29, 1.82) is 0 Å². The summed E-state index contributed by atoms with van der Waals surface area (Å²) in [6.45, 7) is 4.97. The molecule has 3 unspecified atom stereocenters. The second kappa shape index (κ2) is 11.0. The van der Waals surface area contributed by atoms with Crippen LogP contribution in [0.3, 0.4) is 0 Å². The first-order valence-corrected chi connectivity index (χ1v) is 15.4. The molecular formula is C33H41N7O. The van der Waals surface area contributed by atoms with Crippen LogP contribution in [0.4, 0.5) is 0 Å². The van der Waals surface area contributed by atoms with E-state index in [-0.39, 0.29) is 17.9 Å². The highest BCUT2D eigenvalue weighted by Crippen LogP contribution is 2.48. The summed E-state index contributed by atoms with van der Waals surface area (Å²) >= 11 is 0. The summed E-state index contributed by atoms with van der Waals surface area (Å²) < 4.78 is 2.53. The SMILES string of the molecule is Cc1nc2ccccc2n1C1CC2CC[C@H](C1)C2NCCC1(c2ccccc2)CCN(C(=O)Cn2nccn2)CC1. The number of hydrogen-bond donors (Lipinski definition) is 1. The zero-order valence-corrected chi connectivity index (χ0v) is 24.0. The number of carbonyl (C=O) groups excluding carboxylic acids is 1. The highest BCUT2D eigenvalue weighted by molar-refractivity contribution is 5.76. The number of para-hydroxylation sites is 2. The molecule has 0 radical (unpaired) electrons. The summed E-state index contributed by atoms with van der Waals surface area (Å²) in [4.78, 5) is 21.3. The van der Waals surface area contributed by atoms with Crippen molar-refractivity contribution in [3.63, 3.8) is 0 Å². The number of imidazole rings is 1. The number of aryl methyl sites for hydroxylation is 1. The predicted molar refractivity (Wildman–Crippen MR) is 159 cm³/mol. The van der Waals surface area contributed by atoms with Gasteiger partial charge in [0.2, 0.25) is 5.91 Å².